The van der Waals surface area contributed by atoms with Crippen molar-refractivity contribution in [3.8, 4) is 16.3 Å². The Balaban J connectivity index is 2.31. The van der Waals surface area contributed by atoms with Crippen LogP contribution in [0.15, 0.2) is 29.6 Å². The SMILES string of the molecule is CNC(C)c1csc(-c2cccc(O)c2)n1. The van der Waals surface area contributed by atoms with E-state index in [1.54, 1.807) is 23.5 Å². The number of benzene rings is 1. The largest absolute Gasteiger partial charge is 0.508 e. The van der Waals surface area contributed by atoms with E-state index in [1.165, 1.54) is 0 Å². The van der Waals surface area contributed by atoms with Gasteiger partial charge >= 0.3 is 0 Å². The Morgan fingerprint density at radius 2 is 2.25 bits per heavy atom. The summed E-state index contributed by atoms with van der Waals surface area (Å²) in [4.78, 5) is 4.54. The molecule has 1 unspecified atom stereocenters. The summed E-state index contributed by atoms with van der Waals surface area (Å²) in [6.07, 6.45) is 0. The molecule has 2 aromatic rings. The molecule has 1 heterocycles. The van der Waals surface area contributed by atoms with Crippen molar-refractivity contribution in [3.05, 3.63) is 35.3 Å². The van der Waals surface area contributed by atoms with Gasteiger partial charge in [0, 0.05) is 17.0 Å². The zero-order valence-corrected chi connectivity index (χ0v) is 10.1. The highest BCUT2D eigenvalue weighted by Crippen LogP contribution is 2.28. The number of phenolic OH excluding ortho intramolecular Hbond substituents is 1. The van der Waals surface area contributed by atoms with Crippen molar-refractivity contribution in [1.82, 2.24) is 10.3 Å². The van der Waals surface area contributed by atoms with Crippen LogP contribution >= 0.6 is 11.3 Å². The Hall–Kier alpha value is -1.39. The van der Waals surface area contributed by atoms with E-state index in [2.05, 4.69) is 17.2 Å². The van der Waals surface area contributed by atoms with Gasteiger partial charge in [-0.05, 0) is 26.1 Å². The van der Waals surface area contributed by atoms with E-state index in [4.69, 9.17) is 0 Å². The van der Waals surface area contributed by atoms with Gasteiger partial charge in [0.25, 0.3) is 0 Å². The Morgan fingerprint density at radius 1 is 1.44 bits per heavy atom. The van der Waals surface area contributed by atoms with Crippen LogP contribution < -0.4 is 5.32 Å². The highest BCUT2D eigenvalue weighted by Gasteiger charge is 2.09. The maximum absolute atomic E-state index is 9.40. The molecule has 1 atom stereocenters. The van der Waals surface area contributed by atoms with E-state index < -0.39 is 0 Å². The molecule has 84 valence electrons. The van der Waals surface area contributed by atoms with Crippen molar-refractivity contribution in [1.29, 1.82) is 0 Å². The van der Waals surface area contributed by atoms with Gasteiger partial charge in [0.15, 0.2) is 0 Å². The molecule has 0 saturated carbocycles. The number of rotatable bonds is 3. The lowest BCUT2D eigenvalue weighted by atomic mass is 10.2. The van der Waals surface area contributed by atoms with Crippen LogP contribution in [0.1, 0.15) is 18.7 Å². The molecular formula is C12H14N2OS. The lowest BCUT2D eigenvalue weighted by Gasteiger charge is -2.04. The molecule has 0 radical (unpaired) electrons. The van der Waals surface area contributed by atoms with Gasteiger partial charge in [0.1, 0.15) is 10.8 Å². The van der Waals surface area contributed by atoms with Crippen LogP contribution in [0, 0.1) is 0 Å². The third-order valence-corrected chi connectivity index (χ3v) is 3.40. The standard InChI is InChI=1S/C12H14N2OS/c1-8(13-2)11-7-16-12(14-11)9-4-3-5-10(15)6-9/h3-8,13,15H,1-2H3. The summed E-state index contributed by atoms with van der Waals surface area (Å²) in [7, 11) is 1.91. The van der Waals surface area contributed by atoms with Crippen LogP contribution in [0.2, 0.25) is 0 Å². The van der Waals surface area contributed by atoms with Gasteiger partial charge in [0.2, 0.25) is 0 Å². The highest BCUT2D eigenvalue weighted by molar-refractivity contribution is 7.13. The molecule has 0 spiro atoms. The molecule has 1 aromatic carbocycles. The smallest absolute Gasteiger partial charge is 0.123 e. The zero-order valence-electron chi connectivity index (χ0n) is 9.27. The normalized spacial score (nSPS) is 12.6. The molecule has 2 N–H and O–H groups in total. The summed E-state index contributed by atoms with van der Waals surface area (Å²) >= 11 is 1.59. The number of aromatic hydroxyl groups is 1. The quantitative estimate of drug-likeness (QED) is 0.858. The third-order valence-electron chi connectivity index (χ3n) is 2.49. The van der Waals surface area contributed by atoms with E-state index in [-0.39, 0.29) is 11.8 Å². The summed E-state index contributed by atoms with van der Waals surface area (Å²) in [5.74, 6) is 0.274. The van der Waals surface area contributed by atoms with Gasteiger partial charge < -0.3 is 10.4 Å². The maximum atomic E-state index is 9.40. The Kier molecular flexibility index (Phi) is 3.22. The van der Waals surface area contributed by atoms with Gasteiger partial charge in [-0.1, -0.05) is 12.1 Å². The number of hydrogen-bond acceptors (Lipinski definition) is 4. The van der Waals surface area contributed by atoms with Crippen LogP contribution in [0.3, 0.4) is 0 Å². The minimum Gasteiger partial charge on any atom is -0.508 e. The number of hydrogen-bond donors (Lipinski definition) is 2. The van der Waals surface area contributed by atoms with Crippen LogP contribution in [-0.2, 0) is 0 Å². The molecule has 16 heavy (non-hydrogen) atoms. The first kappa shape index (κ1) is 11.1. The third kappa shape index (κ3) is 2.23. The lowest BCUT2D eigenvalue weighted by Crippen LogP contribution is -2.12. The van der Waals surface area contributed by atoms with Crippen molar-refractivity contribution in [2.45, 2.75) is 13.0 Å². The molecule has 0 aliphatic heterocycles. The highest BCUT2D eigenvalue weighted by atomic mass is 32.1. The molecule has 0 aliphatic carbocycles. The molecule has 1 aromatic heterocycles. The van der Waals surface area contributed by atoms with Crippen molar-refractivity contribution in [2.75, 3.05) is 7.05 Å². The number of nitrogens with zero attached hydrogens (tertiary/aromatic N) is 1. The van der Waals surface area contributed by atoms with Gasteiger partial charge in [0.05, 0.1) is 5.69 Å². The summed E-state index contributed by atoms with van der Waals surface area (Å²) in [5.41, 5.74) is 1.99. The molecule has 0 saturated heterocycles. The second-order valence-corrected chi connectivity index (χ2v) is 4.50. The molecule has 0 bridgehead atoms. The van der Waals surface area contributed by atoms with Crippen LogP contribution in [-0.4, -0.2) is 17.1 Å². The predicted octanol–water partition coefficient (Wildman–Crippen LogP) is 2.80. The number of nitrogens with one attached hydrogen (secondary N) is 1. The topological polar surface area (TPSA) is 45.1 Å². The maximum Gasteiger partial charge on any atom is 0.123 e. The van der Waals surface area contributed by atoms with E-state index >= 15 is 0 Å². The van der Waals surface area contributed by atoms with Gasteiger partial charge in [-0.25, -0.2) is 4.98 Å². The summed E-state index contributed by atoms with van der Waals surface area (Å²) < 4.78 is 0. The average Bonchev–Trinajstić information content (AvgIpc) is 2.77. The molecule has 0 aliphatic rings. The lowest BCUT2D eigenvalue weighted by molar-refractivity contribution is 0.475. The zero-order chi connectivity index (χ0) is 11.5. The summed E-state index contributed by atoms with van der Waals surface area (Å²) in [6.45, 7) is 2.07. The van der Waals surface area contributed by atoms with E-state index in [9.17, 15) is 5.11 Å². The van der Waals surface area contributed by atoms with Gasteiger partial charge in [-0.3, -0.25) is 0 Å². The minimum absolute atomic E-state index is 0.252. The Labute approximate surface area is 98.8 Å². The van der Waals surface area contributed by atoms with Crippen LogP contribution in [0.5, 0.6) is 5.75 Å². The number of phenols is 1. The predicted molar refractivity (Wildman–Crippen MR) is 66.7 cm³/mol. The molecular weight excluding hydrogens is 220 g/mol. The minimum atomic E-state index is 0.252. The Bertz CT molecular complexity index is 481. The second-order valence-electron chi connectivity index (χ2n) is 3.64. The fourth-order valence-corrected chi connectivity index (χ4v) is 2.31. The molecule has 0 fully saturated rings. The van der Waals surface area contributed by atoms with Crippen molar-refractivity contribution >= 4 is 11.3 Å². The van der Waals surface area contributed by atoms with Crippen molar-refractivity contribution in [2.24, 2.45) is 0 Å². The molecule has 3 nitrogen and oxygen atoms in total. The summed E-state index contributed by atoms with van der Waals surface area (Å²) in [5, 5.41) is 15.5. The van der Waals surface area contributed by atoms with E-state index in [1.807, 2.05) is 24.6 Å². The molecule has 0 amide bonds. The fourth-order valence-electron chi connectivity index (χ4n) is 1.40. The van der Waals surface area contributed by atoms with Crippen molar-refractivity contribution < 1.29 is 5.11 Å². The van der Waals surface area contributed by atoms with Gasteiger partial charge in [-0.2, -0.15) is 0 Å². The Morgan fingerprint density at radius 3 is 2.94 bits per heavy atom. The monoisotopic (exact) mass is 234 g/mol. The van der Waals surface area contributed by atoms with Crippen LogP contribution in [0.25, 0.3) is 10.6 Å². The first-order valence-electron chi connectivity index (χ1n) is 5.13. The van der Waals surface area contributed by atoms with E-state index in [0.717, 1.165) is 16.3 Å². The van der Waals surface area contributed by atoms with Crippen molar-refractivity contribution in [3.63, 3.8) is 0 Å². The molecule has 4 heteroatoms. The fraction of sp³-hybridized carbons (Fsp3) is 0.250. The van der Waals surface area contributed by atoms with Gasteiger partial charge in [-0.15, -0.1) is 11.3 Å². The summed E-state index contributed by atoms with van der Waals surface area (Å²) in [6, 6.07) is 7.42. The second kappa shape index (κ2) is 4.63. The first-order chi connectivity index (χ1) is 7.70. The number of thiazole rings is 1. The number of aromatic nitrogens is 1. The molecule has 2 rings (SSSR count). The average molecular weight is 234 g/mol. The van der Waals surface area contributed by atoms with E-state index in [0.29, 0.717) is 0 Å². The van der Waals surface area contributed by atoms with Crippen LogP contribution in [0.4, 0.5) is 0 Å². The first-order valence-corrected chi connectivity index (χ1v) is 6.01.